The Bertz CT molecular complexity index is 450. The highest BCUT2D eigenvalue weighted by molar-refractivity contribution is 7.80. The highest BCUT2D eigenvalue weighted by Gasteiger charge is 2.35. The Kier molecular flexibility index (Phi) is 4.82. The molecule has 3 heteroatoms. The summed E-state index contributed by atoms with van der Waals surface area (Å²) in [6, 6.07) is 11.0. The lowest BCUT2D eigenvalue weighted by atomic mass is 9.80. The summed E-state index contributed by atoms with van der Waals surface area (Å²) in [7, 11) is 0. The van der Waals surface area contributed by atoms with E-state index in [1.807, 2.05) is 0 Å². The van der Waals surface area contributed by atoms with Gasteiger partial charge in [0.2, 0.25) is 0 Å². The second kappa shape index (κ2) is 6.23. The first-order valence-electron chi connectivity index (χ1n) is 7.45. The van der Waals surface area contributed by atoms with E-state index in [2.05, 4.69) is 56.0 Å². The molecule has 1 saturated heterocycles. The minimum Gasteiger partial charge on any atom is -0.393 e. The van der Waals surface area contributed by atoms with Crippen molar-refractivity contribution >= 4 is 17.2 Å². The molecule has 2 atom stereocenters. The highest BCUT2D eigenvalue weighted by Crippen LogP contribution is 2.38. The quantitative estimate of drug-likeness (QED) is 0.856. The molecule has 110 valence electrons. The molecule has 1 aromatic carbocycles. The van der Waals surface area contributed by atoms with E-state index < -0.39 is 0 Å². The van der Waals surface area contributed by atoms with Crippen LogP contribution in [0.4, 0.5) is 0 Å². The summed E-state index contributed by atoms with van der Waals surface area (Å²) >= 11 is 5.16. The predicted molar refractivity (Wildman–Crippen MR) is 89.7 cm³/mol. The van der Waals surface area contributed by atoms with Crippen molar-refractivity contribution in [2.45, 2.75) is 39.7 Å². The lowest BCUT2D eigenvalue weighted by Crippen LogP contribution is -2.31. The second-order valence-corrected chi connectivity index (χ2v) is 7.47. The van der Waals surface area contributed by atoms with Gasteiger partial charge in [-0.05, 0) is 29.9 Å². The molecule has 2 rings (SSSR count). The van der Waals surface area contributed by atoms with Crippen molar-refractivity contribution in [3.8, 4) is 0 Å². The van der Waals surface area contributed by atoms with Crippen LogP contribution in [-0.2, 0) is 0 Å². The lowest BCUT2D eigenvalue weighted by molar-refractivity contribution is 0.197. The SMILES string of the molecule is CC(C)(C)C1CCN(C(CC(N)=S)c2ccccc2)C1. The monoisotopic (exact) mass is 290 g/mol. The molecule has 1 fully saturated rings. The van der Waals surface area contributed by atoms with Gasteiger partial charge in [0.15, 0.2) is 0 Å². The summed E-state index contributed by atoms with van der Waals surface area (Å²) in [4.78, 5) is 3.17. The topological polar surface area (TPSA) is 29.3 Å². The summed E-state index contributed by atoms with van der Waals surface area (Å²) in [6.07, 6.45) is 2.04. The fourth-order valence-electron chi connectivity index (χ4n) is 3.10. The van der Waals surface area contributed by atoms with Crippen LogP contribution in [0.3, 0.4) is 0 Å². The third-order valence-electron chi connectivity index (χ3n) is 4.46. The van der Waals surface area contributed by atoms with Crippen molar-refractivity contribution in [1.29, 1.82) is 0 Å². The van der Waals surface area contributed by atoms with Crippen LogP contribution in [0, 0.1) is 11.3 Å². The predicted octanol–water partition coefficient (Wildman–Crippen LogP) is 3.77. The van der Waals surface area contributed by atoms with Crippen LogP contribution in [0.5, 0.6) is 0 Å². The molecule has 2 nitrogen and oxygen atoms in total. The fraction of sp³-hybridized carbons (Fsp3) is 0.588. The number of nitrogens with zero attached hydrogens (tertiary/aromatic N) is 1. The molecule has 2 N–H and O–H groups in total. The van der Waals surface area contributed by atoms with Crippen LogP contribution in [0.25, 0.3) is 0 Å². The number of rotatable bonds is 4. The molecule has 0 aromatic heterocycles. The fourth-order valence-corrected chi connectivity index (χ4v) is 3.26. The number of likely N-dealkylation sites (tertiary alicyclic amines) is 1. The molecule has 0 bridgehead atoms. The maximum Gasteiger partial charge on any atom is 0.0746 e. The number of hydrogen-bond donors (Lipinski definition) is 1. The maximum atomic E-state index is 5.82. The Hall–Kier alpha value is -0.930. The molecule has 2 unspecified atom stereocenters. The smallest absolute Gasteiger partial charge is 0.0746 e. The van der Waals surface area contributed by atoms with Crippen LogP contribution in [-0.4, -0.2) is 23.0 Å². The zero-order chi connectivity index (χ0) is 14.8. The van der Waals surface area contributed by atoms with E-state index in [4.69, 9.17) is 18.0 Å². The largest absolute Gasteiger partial charge is 0.393 e. The molecule has 20 heavy (non-hydrogen) atoms. The van der Waals surface area contributed by atoms with E-state index >= 15 is 0 Å². The molecule has 1 aliphatic rings. The average Bonchev–Trinajstić information content (AvgIpc) is 2.86. The summed E-state index contributed by atoms with van der Waals surface area (Å²) in [5.41, 5.74) is 7.53. The van der Waals surface area contributed by atoms with Crippen molar-refractivity contribution in [2.24, 2.45) is 17.1 Å². The van der Waals surface area contributed by atoms with Crippen molar-refractivity contribution in [3.63, 3.8) is 0 Å². The number of benzene rings is 1. The van der Waals surface area contributed by atoms with Gasteiger partial charge in [-0.1, -0.05) is 63.3 Å². The van der Waals surface area contributed by atoms with Gasteiger partial charge in [-0.3, -0.25) is 4.90 Å². The van der Waals surface area contributed by atoms with Gasteiger partial charge in [0.05, 0.1) is 4.99 Å². The van der Waals surface area contributed by atoms with Crippen LogP contribution >= 0.6 is 12.2 Å². The van der Waals surface area contributed by atoms with Crippen LogP contribution < -0.4 is 5.73 Å². The van der Waals surface area contributed by atoms with Crippen LogP contribution in [0.15, 0.2) is 30.3 Å². The number of thiocarbonyl (C=S) groups is 1. The minimum absolute atomic E-state index is 0.334. The Morgan fingerprint density at radius 3 is 2.50 bits per heavy atom. The Balaban J connectivity index is 2.15. The molecule has 1 aliphatic heterocycles. The molecule has 0 saturated carbocycles. The zero-order valence-electron chi connectivity index (χ0n) is 12.8. The van der Waals surface area contributed by atoms with E-state index in [1.165, 1.54) is 12.0 Å². The van der Waals surface area contributed by atoms with Gasteiger partial charge < -0.3 is 5.73 Å². The second-order valence-electron chi connectivity index (χ2n) is 6.94. The third kappa shape index (κ3) is 3.80. The van der Waals surface area contributed by atoms with Gasteiger partial charge in [-0.15, -0.1) is 0 Å². The third-order valence-corrected chi connectivity index (χ3v) is 4.63. The van der Waals surface area contributed by atoms with Gasteiger partial charge in [-0.2, -0.15) is 0 Å². The number of nitrogens with two attached hydrogens (primary N) is 1. The maximum absolute atomic E-state index is 5.82. The first-order chi connectivity index (χ1) is 9.38. The molecule has 0 spiro atoms. The minimum atomic E-state index is 0.334. The van der Waals surface area contributed by atoms with Crippen molar-refractivity contribution in [3.05, 3.63) is 35.9 Å². The molecule has 0 amide bonds. The van der Waals surface area contributed by atoms with Gasteiger partial charge in [0.1, 0.15) is 0 Å². The summed E-state index contributed by atoms with van der Waals surface area (Å²) in [6.45, 7) is 9.31. The summed E-state index contributed by atoms with van der Waals surface area (Å²) in [5, 5.41) is 0. The van der Waals surface area contributed by atoms with E-state index in [-0.39, 0.29) is 0 Å². The Morgan fingerprint density at radius 2 is 2.00 bits per heavy atom. The van der Waals surface area contributed by atoms with E-state index in [0.29, 0.717) is 16.4 Å². The molecule has 0 radical (unpaired) electrons. The summed E-state index contributed by atoms with van der Waals surface area (Å²) < 4.78 is 0. The first-order valence-corrected chi connectivity index (χ1v) is 7.86. The van der Waals surface area contributed by atoms with Crippen molar-refractivity contribution < 1.29 is 0 Å². The van der Waals surface area contributed by atoms with Crippen LogP contribution in [0.2, 0.25) is 0 Å². The zero-order valence-corrected chi connectivity index (χ0v) is 13.6. The molecule has 1 aromatic rings. The molecular weight excluding hydrogens is 264 g/mol. The molecular formula is C17H26N2S. The van der Waals surface area contributed by atoms with Crippen molar-refractivity contribution in [1.82, 2.24) is 4.90 Å². The Labute approximate surface area is 128 Å². The standard InChI is InChI=1S/C17H26N2S/c1-17(2,3)14-9-10-19(12-14)15(11-16(18)20)13-7-5-4-6-8-13/h4-8,14-15H,9-12H2,1-3H3,(H2,18,20). The molecule has 1 heterocycles. The normalized spacial score (nSPS) is 21.9. The van der Waals surface area contributed by atoms with Gasteiger partial charge in [0.25, 0.3) is 0 Å². The summed E-state index contributed by atoms with van der Waals surface area (Å²) in [5.74, 6) is 0.750. The van der Waals surface area contributed by atoms with E-state index in [1.54, 1.807) is 0 Å². The average molecular weight is 290 g/mol. The van der Waals surface area contributed by atoms with E-state index in [9.17, 15) is 0 Å². The first kappa shape index (κ1) is 15.5. The molecule has 0 aliphatic carbocycles. The van der Waals surface area contributed by atoms with Gasteiger partial charge in [-0.25, -0.2) is 0 Å². The van der Waals surface area contributed by atoms with Crippen LogP contribution in [0.1, 0.15) is 45.2 Å². The van der Waals surface area contributed by atoms with E-state index in [0.717, 1.165) is 25.4 Å². The van der Waals surface area contributed by atoms with Gasteiger partial charge in [0, 0.05) is 19.0 Å². The Morgan fingerprint density at radius 1 is 1.35 bits per heavy atom. The lowest BCUT2D eigenvalue weighted by Gasteiger charge is -2.31. The highest BCUT2D eigenvalue weighted by atomic mass is 32.1. The number of hydrogen-bond acceptors (Lipinski definition) is 2. The van der Waals surface area contributed by atoms with Crippen molar-refractivity contribution in [2.75, 3.05) is 13.1 Å². The van der Waals surface area contributed by atoms with Gasteiger partial charge >= 0.3 is 0 Å².